The van der Waals surface area contributed by atoms with Crippen molar-refractivity contribution < 1.29 is 0 Å². The fraction of sp³-hybridized carbons (Fsp3) is 0.0392. The number of hydrogen-bond acceptors (Lipinski definition) is 4. The van der Waals surface area contributed by atoms with Crippen molar-refractivity contribution in [3.05, 3.63) is 175 Å². The normalized spacial score (nSPS) is 12.8. The third-order valence-electron chi connectivity index (χ3n) is 11.5. The predicted molar refractivity (Wildman–Crippen MR) is 236 cm³/mol. The zero-order valence-electron chi connectivity index (χ0n) is 30.3. The average Bonchev–Trinajstić information content (AvgIpc) is 3.79. The lowest BCUT2D eigenvalue weighted by Crippen LogP contribution is -2.04. The Morgan fingerprint density at radius 3 is 2.07 bits per heavy atom. The van der Waals surface area contributed by atoms with Crippen LogP contribution < -0.4 is 0 Å². The molecule has 262 valence electrons. The minimum Gasteiger partial charge on any atom is -0.308 e. The van der Waals surface area contributed by atoms with E-state index in [1.165, 1.54) is 52.8 Å². The summed E-state index contributed by atoms with van der Waals surface area (Å²) in [5, 5.41) is 9.61. The summed E-state index contributed by atoms with van der Waals surface area (Å²) in [6.07, 6.45) is 6.52. The summed E-state index contributed by atoms with van der Waals surface area (Å²) in [6, 6.07) is 57.0. The van der Waals surface area contributed by atoms with Crippen LogP contribution in [0.3, 0.4) is 0 Å². The molecule has 3 heterocycles. The van der Waals surface area contributed by atoms with Gasteiger partial charge < -0.3 is 4.57 Å². The zero-order valence-corrected chi connectivity index (χ0v) is 31.1. The van der Waals surface area contributed by atoms with Crippen molar-refractivity contribution in [2.45, 2.75) is 12.8 Å². The van der Waals surface area contributed by atoms with Crippen LogP contribution >= 0.6 is 11.3 Å². The second-order valence-corrected chi connectivity index (χ2v) is 15.8. The van der Waals surface area contributed by atoms with Crippen LogP contribution in [0.15, 0.2) is 164 Å². The van der Waals surface area contributed by atoms with Crippen molar-refractivity contribution >= 4 is 80.9 Å². The van der Waals surface area contributed by atoms with Crippen LogP contribution in [-0.2, 0) is 6.42 Å². The smallest absolute Gasteiger partial charge is 0.166 e. The van der Waals surface area contributed by atoms with Gasteiger partial charge in [-0.05, 0) is 88.0 Å². The van der Waals surface area contributed by atoms with Crippen LogP contribution in [0.5, 0.6) is 0 Å². The number of benzene rings is 8. The Hall–Kier alpha value is -6.95. The lowest BCUT2D eigenvalue weighted by molar-refractivity contribution is 0.984. The fourth-order valence-electron chi connectivity index (χ4n) is 8.78. The molecule has 0 spiro atoms. The molecule has 0 saturated carbocycles. The van der Waals surface area contributed by atoms with Crippen molar-refractivity contribution in [1.29, 1.82) is 0 Å². The first-order chi connectivity index (χ1) is 27.7. The van der Waals surface area contributed by atoms with Gasteiger partial charge in [0, 0.05) is 47.6 Å². The first-order valence-electron chi connectivity index (χ1n) is 19.2. The highest BCUT2D eigenvalue weighted by atomic mass is 32.1. The van der Waals surface area contributed by atoms with Gasteiger partial charge in [0.1, 0.15) is 0 Å². The summed E-state index contributed by atoms with van der Waals surface area (Å²) in [5.74, 6) is 1.98. The first kappa shape index (κ1) is 31.4. The highest BCUT2D eigenvalue weighted by molar-refractivity contribution is 7.25. The van der Waals surface area contributed by atoms with E-state index in [-0.39, 0.29) is 0 Å². The molecule has 0 atom stereocenters. The van der Waals surface area contributed by atoms with E-state index in [0.717, 1.165) is 57.0 Å². The van der Waals surface area contributed by atoms with Gasteiger partial charge in [-0.25, -0.2) is 15.0 Å². The molecule has 8 aromatic carbocycles. The molecule has 5 heteroatoms. The van der Waals surface area contributed by atoms with E-state index >= 15 is 0 Å². The summed E-state index contributed by atoms with van der Waals surface area (Å²) in [6.45, 7) is 0. The lowest BCUT2D eigenvalue weighted by atomic mass is 9.95. The summed E-state index contributed by atoms with van der Waals surface area (Å²) in [7, 11) is 0. The van der Waals surface area contributed by atoms with Crippen LogP contribution in [0.1, 0.15) is 17.5 Å². The molecule has 0 bridgehead atoms. The molecular weight excluding hydrogens is 701 g/mol. The van der Waals surface area contributed by atoms with Crippen LogP contribution in [0, 0.1) is 0 Å². The molecule has 1 aliphatic carbocycles. The van der Waals surface area contributed by atoms with Gasteiger partial charge in [-0.2, -0.15) is 0 Å². The number of allylic oxidation sites excluding steroid dienone is 1. The summed E-state index contributed by atoms with van der Waals surface area (Å²) < 4.78 is 4.89. The third-order valence-corrected chi connectivity index (χ3v) is 12.6. The lowest BCUT2D eigenvalue weighted by Gasteiger charge is -2.16. The number of rotatable bonds is 4. The van der Waals surface area contributed by atoms with E-state index in [9.17, 15) is 0 Å². The Bertz CT molecular complexity index is 3440. The van der Waals surface area contributed by atoms with Gasteiger partial charge in [-0.3, -0.25) is 0 Å². The highest BCUT2D eigenvalue weighted by Gasteiger charge is 2.23. The second-order valence-electron chi connectivity index (χ2n) is 14.7. The third kappa shape index (κ3) is 4.88. The molecule has 0 fully saturated rings. The van der Waals surface area contributed by atoms with E-state index in [1.54, 1.807) is 0 Å². The Labute approximate surface area is 326 Å². The Morgan fingerprint density at radius 2 is 1.18 bits per heavy atom. The molecule has 0 N–H and O–H groups in total. The van der Waals surface area contributed by atoms with E-state index in [2.05, 4.69) is 174 Å². The molecule has 0 radical (unpaired) electrons. The number of aromatic nitrogens is 4. The van der Waals surface area contributed by atoms with Crippen molar-refractivity contribution in [1.82, 2.24) is 19.5 Å². The zero-order chi connectivity index (χ0) is 36.7. The summed E-state index contributed by atoms with van der Waals surface area (Å²) in [4.78, 5) is 16.1. The number of fused-ring (bicyclic) bond motifs is 9. The van der Waals surface area contributed by atoms with Gasteiger partial charge in [0.2, 0.25) is 0 Å². The summed E-state index contributed by atoms with van der Waals surface area (Å²) >= 11 is 1.82. The quantitative estimate of drug-likeness (QED) is 0.181. The number of hydrogen-bond donors (Lipinski definition) is 0. The second kappa shape index (κ2) is 12.3. The van der Waals surface area contributed by atoms with Crippen LogP contribution in [0.4, 0.5) is 0 Å². The highest BCUT2D eigenvalue weighted by Crippen LogP contribution is 2.43. The molecule has 3 aromatic heterocycles. The molecule has 0 amide bonds. The number of para-hydroxylation sites is 1. The molecule has 0 unspecified atom stereocenters. The number of thiophene rings is 1. The van der Waals surface area contributed by atoms with E-state index in [1.807, 2.05) is 11.3 Å². The minimum atomic E-state index is 0.650. The number of aryl methyl sites for hydroxylation is 1. The van der Waals surface area contributed by atoms with Crippen molar-refractivity contribution in [3.63, 3.8) is 0 Å². The standard InChI is InChI=1S/C51H32N4S/c1-2-14-33-26-36(25-24-31(33)12-1)49-52-50(40-21-11-17-32-13-5-6-18-37(32)40)54-51(53-49)43-30-48-42(39-20-8-10-23-47(39)56-48)29-46(43)55-44-22-9-7-19-38(44)41-27-34-15-3-4-16-35(34)28-45(41)55/h1,3-13,15-30H,2,14H2. The van der Waals surface area contributed by atoms with Crippen molar-refractivity contribution in [3.8, 4) is 39.9 Å². The van der Waals surface area contributed by atoms with Gasteiger partial charge >= 0.3 is 0 Å². The molecular formula is C51H32N4S. The maximum atomic E-state index is 5.44. The maximum Gasteiger partial charge on any atom is 0.166 e. The monoisotopic (exact) mass is 732 g/mol. The average molecular weight is 733 g/mol. The van der Waals surface area contributed by atoms with E-state index in [4.69, 9.17) is 15.0 Å². The van der Waals surface area contributed by atoms with E-state index < -0.39 is 0 Å². The Balaban J connectivity index is 1.20. The van der Waals surface area contributed by atoms with Crippen LogP contribution in [0.2, 0.25) is 0 Å². The van der Waals surface area contributed by atoms with Gasteiger partial charge in [0.05, 0.1) is 16.7 Å². The van der Waals surface area contributed by atoms with Crippen LogP contribution in [-0.4, -0.2) is 19.5 Å². The minimum absolute atomic E-state index is 0.650. The van der Waals surface area contributed by atoms with Crippen molar-refractivity contribution in [2.24, 2.45) is 0 Å². The SMILES string of the molecule is C1=Cc2ccc(-c3nc(-c4cc5sc6ccccc6c5cc4-n4c5ccccc5c5cc6ccccc6cc54)nc(-c4cccc5ccccc45)n3)cc2CC1. The topological polar surface area (TPSA) is 43.6 Å². The van der Waals surface area contributed by atoms with Gasteiger partial charge in [-0.1, -0.05) is 127 Å². The molecule has 12 rings (SSSR count). The molecule has 56 heavy (non-hydrogen) atoms. The fourth-order valence-corrected chi connectivity index (χ4v) is 9.91. The van der Waals surface area contributed by atoms with Gasteiger partial charge in [-0.15, -0.1) is 11.3 Å². The largest absolute Gasteiger partial charge is 0.308 e. The van der Waals surface area contributed by atoms with Crippen molar-refractivity contribution in [2.75, 3.05) is 0 Å². The first-order valence-corrected chi connectivity index (χ1v) is 20.0. The number of nitrogens with zero attached hydrogens (tertiary/aromatic N) is 4. The predicted octanol–water partition coefficient (Wildman–Crippen LogP) is 13.6. The van der Waals surface area contributed by atoms with E-state index in [0.29, 0.717) is 17.5 Å². The molecule has 0 saturated heterocycles. The maximum absolute atomic E-state index is 5.44. The molecule has 11 aromatic rings. The Morgan fingerprint density at radius 1 is 0.464 bits per heavy atom. The van der Waals surface area contributed by atoms with Gasteiger partial charge in [0.25, 0.3) is 0 Å². The molecule has 0 aliphatic heterocycles. The molecule has 4 nitrogen and oxygen atoms in total. The molecule has 1 aliphatic rings. The summed E-state index contributed by atoms with van der Waals surface area (Å²) in [5.41, 5.74) is 8.87. The van der Waals surface area contributed by atoms with Crippen LogP contribution in [0.25, 0.3) is 109 Å². The Kier molecular flexibility index (Phi) is 6.89. The van der Waals surface area contributed by atoms with Gasteiger partial charge in [0.15, 0.2) is 17.5 Å².